The number of sulfonamides is 1. The number of aliphatic carboxylic acids is 1. The Kier molecular flexibility index (Phi) is 5.78. The van der Waals surface area contributed by atoms with E-state index in [9.17, 15) is 18.3 Å². The van der Waals surface area contributed by atoms with Crippen molar-refractivity contribution in [2.75, 3.05) is 18.4 Å². The van der Waals surface area contributed by atoms with E-state index >= 15 is 0 Å². The van der Waals surface area contributed by atoms with Crippen molar-refractivity contribution in [3.63, 3.8) is 0 Å². The van der Waals surface area contributed by atoms with E-state index in [4.69, 9.17) is 19.3 Å². The number of rotatable bonds is 7. The molecule has 9 nitrogen and oxygen atoms in total. The number of aliphatic hydroxyl groups excluding tert-OH is 1. The van der Waals surface area contributed by atoms with Gasteiger partial charge in [-0.1, -0.05) is 0 Å². The fourth-order valence-electron chi connectivity index (χ4n) is 4.12. The summed E-state index contributed by atoms with van der Waals surface area (Å²) in [6.07, 6.45) is -1.47. The Labute approximate surface area is 179 Å². The molecule has 2 aliphatic rings. The number of carbonyl (C=O) groups is 1. The zero-order valence-electron chi connectivity index (χ0n) is 16.7. The lowest BCUT2D eigenvalue weighted by atomic mass is 9.84. The number of nitrogens with one attached hydrogen (secondary N) is 1. The molecule has 10 heteroatoms. The lowest BCUT2D eigenvalue weighted by Crippen LogP contribution is -2.46. The molecule has 2 heterocycles. The number of ether oxygens (including phenoxy) is 3. The number of methoxy groups -OCH3 is 1. The molecule has 31 heavy (non-hydrogen) atoms. The van der Waals surface area contributed by atoms with Crippen molar-refractivity contribution in [1.82, 2.24) is 0 Å². The average molecular weight is 449 g/mol. The molecule has 2 aromatic carbocycles. The van der Waals surface area contributed by atoms with Gasteiger partial charge < -0.3 is 24.4 Å². The highest BCUT2D eigenvalue weighted by molar-refractivity contribution is 7.92. The number of carboxylic acids is 1. The molecule has 3 N–H and O–H groups in total. The summed E-state index contributed by atoms with van der Waals surface area (Å²) in [6.45, 7) is -0.303. The first kappa shape index (κ1) is 21.4. The van der Waals surface area contributed by atoms with Crippen LogP contribution < -0.4 is 14.2 Å². The van der Waals surface area contributed by atoms with Gasteiger partial charge in [-0.25, -0.2) is 8.42 Å². The Morgan fingerprint density at radius 1 is 1.23 bits per heavy atom. The standard InChI is InChI=1S/C21H23NO8S/c1-28-13-3-5-15(6-4-13)31(26,27)22-12-2-7-18-16(8-12)17-9-14(10-20(24)25)29-19(11-23)21(17)30-18/h2-8,14,17,19,21-23H,9-11H2,1H3,(H,24,25)/t14-,17+,19+,21-/m0/s1. The van der Waals surface area contributed by atoms with Gasteiger partial charge in [-0.2, -0.15) is 0 Å². The first-order chi connectivity index (χ1) is 14.8. The van der Waals surface area contributed by atoms with Crippen molar-refractivity contribution < 1.29 is 37.6 Å². The van der Waals surface area contributed by atoms with Crippen LogP contribution in [0.5, 0.6) is 11.5 Å². The van der Waals surface area contributed by atoms with E-state index in [1.54, 1.807) is 30.3 Å². The molecule has 0 aromatic heterocycles. The van der Waals surface area contributed by atoms with Gasteiger partial charge in [0.25, 0.3) is 10.0 Å². The second-order valence-corrected chi connectivity index (χ2v) is 9.22. The molecule has 0 aliphatic carbocycles. The molecule has 0 spiro atoms. The van der Waals surface area contributed by atoms with Crippen LogP contribution in [0.15, 0.2) is 47.4 Å². The van der Waals surface area contributed by atoms with E-state index < -0.39 is 34.3 Å². The summed E-state index contributed by atoms with van der Waals surface area (Å²) in [4.78, 5) is 11.2. The normalized spacial score (nSPS) is 24.6. The van der Waals surface area contributed by atoms with Gasteiger partial charge in [0, 0.05) is 17.2 Å². The third-order valence-corrected chi connectivity index (χ3v) is 6.92. The van der Waals surface area contributed by atoms with Crippen LogP contribution in [0.25, 0.3) is 0 Å². The van der Waals surface area contributed by atoms with Crippen LogP contribution in [0, 0.1) is 0 Å². The first-order valence-corrected chi connectivity index (χ1v) is 11.2. The number of carboxylic acid groups (broad SMARTS) is 1. The van der Waals surface area contributed by atoms with Crippen LogP contribution in [0.1, 0.15) is 24.3 Å². The summed E-state index contributed by atoms with van der Waals surface area (Å²) in [5.74, 6) is -0.0788. The predicted molar refractivity (Wildman–Crippen MR) is 110 cm³/mol. The Bertz CT molecular complexity index is 1070. The summed E-state index contributed by atoms with van der Waals surface area (Å²) in [6, 6.07) is 11.0. The SMILES string of the molecule is COc1ccc(S(=O)(=O)Nc2ccc3c(c2)[C@H]2C[C@@H](CC(=O)O)O[C@H](CO)[C@H]2O3)cc1. The van der Waals surface area contributed by atoms with Crippen LogP contribution in [-0.2, 0) is 19.6 Å². The predicted octanol–water partition coefficient (Wildman–Crippen LogP) is 1.97. The van der Waals surface area contributed by atoms with Gasteiger partial charge in [-0.3, -0.25) is 9.52 Å². The molecule has 2 aromatic rings. The minimum Gasteiger partial charge on any atom is -0.497 e. The molecule has 0 unspecified atom stereocenters. The zero-order chi connectivity index (χ0) is 22.2. The van der Waals surface area contributed by atoms with Crippen LogP contribution in [0.3, 0.4) is 0 Å². The Hall–Kier alpha value is -2.82. The van der Waals surface area contributed by atoms with E-state index in [-0.39, 0.29) is 23.8 Å². The summed E-state index contributed by atoms with van der Waals surface area (Å²) < 4.78 is 44.8. The molecule has 2 aliphatic heterocycles. The zero-order valence-corrected chi connectivity index (χ0v) is 17.5. The number of fused-ring (bicyclic) bond motifs is 3. The molecule has 0 bridgehead atoms. The number of benzene rings is 2. The molecule has 0 amide bonds. The monoisotopic (exact) mass is 449 g/mol. The fourth-order valence-corrected chi connectivity index (χ4v) is 5.17. The van der Waals surface area contributed by atoms with Crippen molar-refractivity contribution in [2.45, 2.75) is 42.0 Å². The molecule has 4 atom stereocenters. The molecule has 166 valence electrons. The van der Waals surface area contributed by atoms with Gasteiger partial charge >= 0.3 is 5.97 Å². The van der Waals surface area contributed by atoms with Crippen molar-refractivity contribution >= 4 is 21.7 Å². The Morgan fingerprint density at radius 2 is 1.97 bits per heavy atom. The van der Waals surface area contributed by atoms with Crippen molar-refractivity contribution in [3.05, 3.63) is 48.0 Å². The van der Waals surface area contributed by atoms with Crippen LogP contribution in [0.2, 0.25) is 0 Å². The van der Waals surface area contributed by atoms with E-state index in [2.05, 4.69) is 4.72 Å². The first-order valence-electron chi connectivity index (χ1n) is 9.76. The van der Waals surface area contributed by atoms with E-state index in [1.165, 1.54) is 19.2 Å². The van der Waals surface area contributed by atoms with Gasteiger partial charge in [0.15, 0.2) is 0 Å². The van der Waals surface area contributed by atoms with Gasteiger partial charge in [-0.05, 0) is 48.9 Å². The molecular weight excluding hydrogens is 426 g/mol. The minimum atomic E-state index is -3.82. The van der Waals surface area contributed by atoms with E-state index in [0.717, 1.165) is 5.56 Å². The number of aliphatic hydroxyl groups is 1. The van der Waals surface area contributed by atoms with Gasteiger partial charge in [0.05, 0.1) is 31.1 Å². The Balaban J connectivity index is 1.58. The second kappa shape index (κ2) is 8.37. The van der Waals surface area contributed by atoms with Crippen molar-refractivity contribution in [2.24, 2.45) is 0 Å². The Morgan fingerprint density at radius 3 is 2.61 bits per heavy atom. The highest BCUT2D eigenvalue weighted by Gasteiger charge is 2.46. The highest BCUT2D eigenvalue weighted by Crippen LogP contribution is 2.47. The van der Waals surface area contributed by atoms with Crippen LogP contribution in [-0.4, -0.2) is 56.6 Å². The van der Waals surface area contributed by atoms with Gasteiger partial charge in [0.2, 0.25) is 0 Å². The van der Waals surface area contributed by atoms with Crippen molar-refractivity contribution in [1.29, 1.82) is 0 Å². The number of hydrogen-bond acceptors (Lipinski definition) is 7. The van der Waals surface area contributed by atoms with Gasteiger partial charge in [0.1, 0.15) is 23.7 Å². The third-order valence-electron chi connectivity index (χ3n) is 5.52. The van der Waals surface area contributed by atoms with Crippen LogP contribution in [0.4, 0.5) is 5.69 Å². The quantitative estimate of drug-likeness (QED) is 0.585. The maximum Gasteiger partial charge on any atom is 0.305 e. The fraction of sp³-hybridized carbons (Fsp3) is 0.381. The largest absolute Gasteiger partial charge is 0.497 e. The molecular formula is C21H23NO8S. The molecule has 4 rings (SSSR count). The van der Waals surface area contributed by atoms with Crippen LogP contribution >= 0.6 is 0 Å². The molecule has 1 saturated heterocycles. The number of anilines is 1. The third kappa shape index (κ3) is 4.32. The summed E-state index contributed by atoms with van der Waals surface area (Å²) >= 11 is 0. The second-order valence-electron chi connectivity index (χ2n) is 7.54. The van der Waals surface area contributed by atoms with E-state index in [0.29, 0.717) is 23.6 Å². The summed E-state index contributed by atoms with van der Waals surface area (Å²) in [5, 5.41) is 18.8. The van der Waals surface area contributed by atoms with Crippen molar-refractivity contribution in [3.8, 4) is 11.5 Å². The lowest BCUT2D eigenvalue weighted by molar-refractivity contribution is -0.153. The van der Waals surface area contributed by atoms with E-state index in [1.807, 2.05) is 0 Å². The summed E-state index contributed by atoms with van der Waals surface area (Å²) in [5.41, 5.74) is 1.12. The number of hydrogen-bond donors (Lipinski definition) is 3. The highest BCUT2D eigenvalue weighted by atomic mass is 32.2. The molecule has 1 fully saturated rings. The average Bonchev–Trinajstić information content (AvgIpc) is 3.10. The molecule has 0 saturated carbocycles. The maximum absolute atomic E-state index is 12.8. The lowest BCUT2D eigenvalue weighted by Gasteiger charge is -2.36. The maximum atomic E-state index is 12.8. The smallest absolute Gasteiger partial charge is 0.305 e. The summed E-state index contributed by atoms with van der Waals surface area (Å²) in [7, 11) is -2.32. The topological polar surface area (TPSA) is 131 Å². The van der Waals surface area contributed by atoms with Gasteiger partial charge in [-0.15, -0.1) is 0 Å². The minimum absolute atomic E-state index is 0.0934. The molecule has 0 radical (unpaired) electrons.